The summed E-state index contributed by atoms with van der Waals surface area (Å²) in [4.78, 5) is 23.2. The van der Waals surface area contributed by atoms with E-state index in [1.54, 1.807) is 24.3 Å². The van der Waals surface area contributed by atoms with Gasteiger partial charge in [-0.3, -0.25) is 9.59 Å². The lowest BCUT2D eigenvalue weighted by Gasteiger charge is -2.06. The molecule has 0 aromatic heterocycles. The Morgan fingerprint density at radius 3 is 2.38 bits per heavy atom. The van der Waals surface area contributed by atoms with Gasteiger partial charge in [-0.05, 0) is 30.4 Å². The molecule has 2 rings (SSSR count). The summed E-state index contributed by atoms with van der Waals surface area (Å²) in [5.41, 5.74) is 0.532. The first-order chi connectivity index (χ1) is 10.1. The second-order valence-electron chi connectivity index (χ2n) is 4.85. The van der Waals surface area contributed by atoms with Crippen LogP contribution in [0.3, 0.4) is 0 Å². The molecule has 0 aliphatic carbocycles. The van der Waals surface area contributed by atoms with E-state index in [9.17, 15) is 14.0 Å². The van der Waals surface area contributed by atoms with Gasteiger partial charge in [0.1, 0.15) is 5.82 Å². The maximum absolute atomic E-state index is 13.7. The van der Waals surface area contributed by atoms with Gasteiger partial charge in [-0.2, -0.15) is 0 Å². The van der Waals surface area contributed by atoms with E-state index < -0.39 is 0 Å². The largest absolute Gasteiger partial charge is 0.469 e. The number of halogens is 1. The highest BCUT2D eigenvalue weighted by Crippen LogP contribution is 2.23. The molecule has 0 fully saturated rings. The highest BCUT2D eigenvalue weighted by molar-refractivity contribution is 6.08. The average molecular weight is 288 g/mol. The zero-order chi connectivity index (χ0) is 15.2. The summed E-state index contributed by atoms with van der Waals surface area (Å²) in [6, 6.07) is 9.80. The van der Waals surface area contributed by atoms with Crippen LogP contribution in [0.1, 0.15) is 36.0 Å². The van der Waals surface area contributed by atoms with Crippen LogP contribution in [-0.2, 0) is 9.53 Å². The lowest BCUT2D eigenvalue weighted by molar-refractivity contribution is -0.140. The molecular formula is C17H17FO3. The number of rotatable bonds is 6. The van der Waals surface area contributed by atoms with E-state index in [0.717, 1.165) is 0 Å². The smallest absolute Gasteiger partial charge is 0.305 e. The molecular weight excluding hydrogens is 271 g/mol. The molecule has 0 saturated heterocycles. The maximum Gasteiger partial charge on any atom is 0.305 e. The summed E-state index contributed by atoms with van der Waals surface area (Å²) in [7, 11) is 1.35. The number of fused-ring (bicyclic) bond motifs is 1. The van der Waals surface area contributed by atoms with Crippen LogP contribution < -0.4 is 0 Å². The van der Waals surface area contributed by atoms with Crippen molar-refractivity contribution in [3.8, 4) is 0 Å². The monoisotopic (exact) mass is 288 g/mol. The molecule has 0 spiro atoms. The average Bonchev–Trinajstić information content (AvgIpc) is 2.51. The molecule has 0 N–H and O–H groups in total. The highest BCUT2D eigenvalue weighted by atomic mass is 19.1. The quantitative estimate of drug-likeness (QED) is 0.460. The molecule has 0 atom stereocenters. The normalized spacial score (nSPS) is 10.6. The van der Waals surface area contributed by atoms with Crippen molar-refractivity contribution in [3.63, 3.8) is 0 Å². The fraction of sp³-hybridized carbons (Fsp3) is 0.294. The second kappa shape index (κ2) is 6.97. The lowest BCUT2D eigenvalue weighted by Crippen LogP contribution is -2.03. The maximum atomic E-state index is 13.7. The van der Waals surface area contributed by atoms with Gasteiger partial charge in [-0.1, -0.05) is 24.3 Å². The van der Waals surface area contributed by atoms with E-state index in [4.69, 9.17) is 0 Å². The van der Waals surface area contributed by atoms with E-state index in [1.807, 2.05) is 0 Å². The number of hydrogen-bond donors (Lipinski definition) is 0. The van der Waals surface area contributed by atoms with Crippen LogP contribution in [-0.4, -0.2) is 18.9 Å². The molecule has 0 unspecified atom stereocenters. The molecule has 2 aromatic rings. The van der Waals surface area contributed by atoms with Crippen LogP contribution in [0.5, 0.6) is 0 Å². The fourth-order valence-corrected chi connectivity index (χ4v) is 2.30. The third kappa shape index (κ3) is 3.66. The van der Waals surface area contributed by atoms with Gasteiger partial charge in [0.05, 0.1) is 7.11 Å². The predicted molar refractivity (Wildman–Crippen MR) is 78.7 cm³/mol. The molecule has 0 radical (unpaired) electrons. The first-order valence-corrected chi connectivity index (χ1v) is 6.90. The third-order valence-corrected chi connectivity index (χ3v) is 3.43. The Hall–Kier alpha value is -2.23. The molecule has 0 saturated carbocycles. The van der Waals surface area contributed by atoms with Gasteiger partial charge in [-0.15, -0.1) is 0 Å². The molecule has 4 heteroatoms. The van der Waals surface area contributed by atoms with Gasteiger partial charge < -0.3 is 4.74 Å². The van der Waals surface area contributed by atoms with Crippen LogP contribution >= 0.6 is 0 Å². The number of carbonyl (C=O) groups excluding carboxylic acids is 2. The Balaban J connectivity index is 2.06. The molecule has 0 bridgehead atoms. The van der Waals surface area contributed by atoms with Crippen molar-refractivity contribution in [2.45, 2.75) is 25.7 Å². The number of esters is 1. The van der Waals surface area contributed by atoms with Crippen molar-refractivity contribution in [2.75, 3.05) is 7.11 Å². The molecule has 0 heterocycles. The summed E-state index contributed by atoms with van der Waals surface area (Å²) < 4.78 is 18.2. The van der Waals surface area contributed by atoms with E-state index in [1.165, 1.54) is 19.2 Å². The Kier molecular flexibility index (Phi) is 5.04. The summed E-state index contributed by atoms with van der Waals surface area (Å²) in [6.45, 7) is 0. The van der Waals surface area contributed by atoms with Crippen LogP contribution in [0, 0.1) is 5.82 Å². The number of ketones is 1. The number of methoxy groups -OCH3 is 1. The predicted octanol–water partition coefficient (Wildman–Crippen LogP) is 3.90. The lowest BCUT2D eigenvalue weighted by atomic mass is 9.98. The van der Waals surface area contributed by atoms with Gasteiger partial charge >= 0.3 is 5.97 Å². The minimum atomic E-state index is -0.326. The van der Waals surface area contributed by atoms with Crippen molar-refractivity contribution >= 4 is 22.5 Å². The standard InChI is InChI=1S/C17H17FO3/c1-21-17(20)9-5-4-8-16(19)14-10-11-15(18)13-7-3-2-6-12(13)14/h2-3,6-7,10-11H,4-5,8-9H2,1H3. The molecule has 3 nitrogen and oxygen atoms in total. The van der Waals surface area contributed by atoms with Crippen LogP contribution in [0.25, 0.3) is 10.8 Å². The van der Waals surface area contributed by atoms with E-state index in [0.29, 0.717) is 42.0 Å². The Morgan fingerprint density at radius 2 is 1.67 bits per heavy atom. The highest BCUT2D eigenvalue weighted by Gasteiger charge is 2.12. The molecule has 0 aliphatic heterocycles. The van der Waals surface area contributed by atoms with Crippen molar-refractivity contribution in [1.82, 2.24) is 0 Å². The molecule has 21 heavy (non-hydrogen) atoms. The number of unbranched alkanes of at least 4 members (excludes halogenated alkanes) is 1. The molecule has 0 amide bonds. The van der Waals surface area contributed by atoms with Gasteiger partial charge in [0, 0.05) is 23.8 Å². The fourth-order valence-electron chi connectivity index (χ4n) is 2.30. The molecule has 2 aromatic carbocycles. The summed E-state index contributed by atoms with van der Waals surface area (Å²) in [5, 5.41) is 1.09. The Bertz CT molecular complexity index is 664. The van der Waals surface area contributed by atoms with E-state index in [2.05, 4.69) is 4.74 Å². The zero-order valence-corrected chi connectivity index (χ0v) is 11.9. The summed E-state index contributed by atoms with van der Waals surface area (Å²) in [5.74, 6) is -0.626. The van der Waals surface area contributed by atoms with Crippen LogP contribution in [0.15, 0.2) is 36.4 Å². The van der Waals surface area contributed by atoms with Crippen LogP contribution in [0.4, 0.5) is 4.39 Å². The second-order valence-corrected chi connectivity index (χ2v) is 4.85. The number of hydrogen-bond acceptors (Lipinski definition) is 3. The minimum absolute atomic E-state index is 0.0314. The first kappa shape index (κ1) is 15.2. The Morgan fingerprint density at radius 1 is 1.00 bits per heavy atom. The summed E-state index contributed by atoms with van der Waals surface area (Å²) >= 11 is 0. The first-order valence-electron chi connectivity index (χ1n) is 6.90. The van der Waals surface area contributed by atoms with E-state index >= 15 is 0 Å². The topological polar surface area (TPSA) is 43.4 Å². The number of benzene rings is 2. The third-order valence-electron chi connectivity index (χ3n) is 3.43. The van der Waals surface area contributed by atoms with Crippen LogP contribution in [0.2, 0.25) is 0 Å². The van der Waals surface area contributed by atoms with Crippen molar-refractivity contribution in [1.29, 1.82) is 0 Å². The van der Waals surface area contributed by atoms with Crippen molar-refractivity contribution < 1.29 is 18.7 Å². The van der Waals surface area contributed by atoms with Gasteiger partial charge in [0.2, 0.25) is 0 Å². The summed E-state index contributed by atoms with van der Waals surface area (Å²) in [6.07, 6.45) is 1.87. The van der Waals surface area contributed by atoms with Crippen molar-refractivity contribution in [2.24, 2.45) is 0 Å². The Labute approximate surface area is 122 Å². The molecule has 110 valence electrons. The zero-order valence-electron chi connectivity index (χ0n) is 11.9. The number of ether oxygens (including phenoxy) is 1. The number of Topliss-reactive ketones (excluding diaryl/α,β-unsaturated/α-hetero) is 1. The van der Waals surface area contributed by atoms with Gasteiger partial charge in [-0.25, -0.2) is 4.39 Å². The van der Waals surface area contributed by atoms with Gasteiger partial charge in [0.15, 0.2) is 5.78 Å². The van der Waals surface area contributed by atoms with E-state index in [-0.39, 0.29) is 17.6 Å². The SMILES string of the molecule is COC(=O)CCCCC(=O)c1ccc(F)c2ccccc12. The molecule has 0 aliphatic rings. The van der Waals surface area contributed by atoms with Gasteiger partial charge in [0.25, 0.3) is 0 Å². The minimum Gasteiger partial charge on any atom is -0.469 e. The van der Waals surface area contributed by atoms with Crippen molar-refractivity contribution in [3.05, 3.63) is 47.8 Å². The number of carbonyl (C=O) groups is 2.